The van der Waals surface area contributed by atoms with Crippen LogP contribution in [0.5, 0.6) is 0 Å². The monoisotopic (exact) mass is 426 g/mol. The van der Waals surface area contributed by atoms with Crippen molar-refractivity contribution in [3.8, 4) is 0 Å². The van der Waals surface area contributed by atoms with Crippen LogP contribution in [0.15, 0.2) is 24.3 Å². The summed E-state index contributed by atoms with van der Waals surface area (Å²) in [6.45, 7) is 9.85. The van der Waals surface area contributed by atoms with Gasteiger partial charge in [0.15, 0.2) is 5.69 Å². The molecule has 0 saturated carbocycles. The first-order valence-corrected chi connectivity index (χ1v) is 11.5. The van der Waals surface area contributed by atoms with E-state index < -0.39 is 11.5 Å². The Kier molecular flexibility index (Phi) is 6.32. The number of carbonyl (C=O) groups is 2. The zero-order valence-corrected chi connectivity index (χ0v) is 18.9. The topological polar surface area (TPSA) is 76.5 Å². The van der Waals surface area contributed by atoms with Crippen molar-refractivity contribution in [3.05, 3.63) is 30.0 Å². The van der Waals surface area contributed by atoms with Gasteiger partial charge in [0.25, 0.3) is 5.91 Å². The van der Waals surface area contributed by atoms with E-state index in [9.17, 15) is 9.59 Å². The van der Waals surface area contributed by atoms with E-state index >= 15 is 0 Å². The zero-order chi connectivity index (χ0) is 22.0. The van der Waals surface area contributed by atoms with Crippen LogP contribution in [-0.2, 0) is 16.1 Å². The van der Waals surface area contributed by atoms with Crippen LogP contribution in [0.3, 0.4) is 0 Å². The number of hydrogen-bond donors (Lipinski definition) is 1. The van der Waals surface area contributed by atoms with E-state index in [0.717, 1.165) is 69.4 Å². The van der Waals surface area contributed by atoms with Crippen molar-refractivity contribution >= 4 is 22.7 Å². The third-order valence-corrected chi connectivity index (χ3v) is 6.45. The molecular weight excluding hydrogens is 392 g/mol. The van der Waals surface area contributed by atoms with Gasteiger partial charge in [0, 0.05) is 38.2 Å². The predicted octanol–water partition coefficient (Wildman–Crippen LogP) is 3.23. The molecule has 31 heavy (non-hydrogen) atoms. The minimum absolute atomic E-state index is 0.00398. The molecule has 7 nitrogen and oxygen atoms in total. The molecule has 4 rings (SSSR count). The molecule has 0 aliphatic carbocycles. The lowest BCUT2D eigenvalue weighted by molar-refractivity contribution is -0.134. The lowest BCUT2D eigenvalue weighted by Crippen LogP contribution is -2.54. The number of carbonyl (C=O) groups excluding carboxylic acids is 2. The molecule has 0 spiro atoms. The molecule has 2 aromatic rings. The molecule has 1 unspecified atom stereocenters. The van der Waals surface area contributed by atoms with Crippen molar-refractivity contribution in [2.75, 3.05) is 26.3 Å². The summed E-state index contributed by atoms with van der Waals surface area (Å²) in [6.07, 6.45) is 4.06. The van der Waals surface area contributed by atoms with E-state index in [1.54, 1.807) is 0 Å². The van der Waals surface area contributed by atoms with Crippen LogP contribution in [0.25, 0.3) is 10.9 Å². The summed E-state index contributed by atoms with van der Waals surface area (Å²) in [5.41, 5.74) is 0.957. The number of aromatic nitrogens is 2. The van der Waals surface area contributed by atoms with Crippen molar-refractivity contribution in [1.82, 2.24) is 20.0 Å². The van der Waals surface area contributed by atoms with Crippen LogP contribution in [0.4, 0.5) is 0 Å². The summed E-state index contributed by atoms with van der Waals surface area (Å²) < 4.78 is 7.43. The van der Waals surface area contributed by atoms with Gasteiger partial charge in [0.1, 0.15) is 6.04 Å². The fraction of sp³-hybridized carbons (Fsp3) is 0.625. The molecule has 1 aromatic heterocycles. The summed E-state index contributed by atoms with van der Waals surface area (Å²) in [6, 6.07) is 7.26. The van der Waals surface area contributed by atoms with E-state index in [1.807, 2.05) is 54.6 Å². The molecule has 0 radical (unpaired) electrons. The normalized spacial score (nSPS) is 19.0. The van der Waals surface area contributed by atoms with Crippen LogP contribution < -0.4 is 5.32 Å². The lowest BCUT2D eigenvalue weighted by Gasteiger charge is -2.33. The first-order chi connectivity index (χ1) is 14.8. The third kappa shape index (κ3) is 4.76. The second-order valence-electron chi connectivity index (χ2n) is 9.91. The molecule has 1 aromatic carbocycles. The summed E-state index contributed by atoms with van der Waals surface area (Å²) in [5.74, 6) is 0.214. The molecule has 3 heterocycles. The second kappa shape index (κ2) is 8.99. The number of benzene rings is 1. The number of para-hydroxylation sites is 1. The fourth-order valence-corrected chi connectivity index (χ4v) is 4.58. The number of rotatable bonds is 5. The maximum Gasteiger partial charge on any atom is 0.273 e. The molecule has 2 amide bonds. The fourth-order valence-electron chi connectivity index (χ4n) is 4.58. The van der Waals surface area contributed by atoms with E-state index in [2.05, 4.69) is 5.32 Å². The minimum atomic E-state index is -0.586. The highest BCUT2D eigenvalue weighted by molar-refractivity contribution is 6.06. The molecule has 2 saturated heterocycles. The Morgan fingerprint density at radius 1 is 1.16 bits per heavy atom. The molecule has 0 bridgehead atoms. The molecule has 7 heteroatoms. The first-order valence-electron chi connectivity index (χ1n) is 11.5. The Balaban J connectivity index is 1.59. The van der Waals surface area contributed by atoms with Crippen LogP contribution in [0, 0.1) is 11.3 Å². The maximum atomic E-state index is 13.4. The third-order valence-electron chi connectivity index (χ3n) is 6.45. The molecule has 168 valence electrons. The Labute approximate surface area is 184 Å². The first kappa shape index (κ1) is 21.8. The Morgan fingerprint density at radius 3 is 2.52 bits per heavy atom. The molecule has 2 aliphatic rings. The zero-order valence-electron chi connectivity index (χ0n) is 18.9. The highest BCUT2D eigenvalue weighted by Crippen LogP contribution is 2.26. The number of likely N-dealkylation sites (tertiary alicyclic amines) is 1. The van der Waals surface area contributed by atoms with Crippen molar-refractivity contribution in [3.63, 3.8) is 0 Å². The van der Waals surface area contributed by atoms with Gasteiger partial charge < -0.3 is 15.0 Å². The number of ether oxygens (including phenoxy) is 1. The highest BCUT2D eigenvalue weighted by atomic mass is 16.5. The van der Waals surface area contributed by atoms with Crippen molar-refractivity contribution < 1.29 is 14.3 Å². The van der Waals surface area contributed by atoms with Crippen LogP contribution in [-0.4, -0.2) is 58.8 Å². The Bertz CT molecular complexity index is 934. The smallest absolute Gasteiger partial charge is 0.273 e. The number of nitrogens with zero attached hydrogens (tertiary/aromatic N) is 3. The second-order valence-corrected chi connectivity index (χ2v) is 9.91. The SMILES string of the molecule is CC(C)(C)C(NC(=O)c1nn(CC2CCOCC2)c2ccccc12)C(=O)N1CCCC1. The van der Waals surface area contributed by atoms with Gasteiger partial charge in [0.05, 0.1) is 5.52 Å². The lowest BCUT2D eigenvalue weighted by atomic mass is 9.85. The molecule has 2 aliphatic heterocycles. The van der Waals surface area contributed by atoms with E-state index in [1.165, 1.54) is 0 Å². The van der Waals surface area contributed by atoms with Gasteiger partial charge in [-0.25, -0.2) is 0 Å². The van der Waals surface area contributed by atoms with E-state index in [0.29, 0.717) is 11.6 Å². The number of fused-ring (bicyclic) bond motifs is 1. The Hall–Kier alpha value is -2.41. The van der Waals surface area contributed by atoms with Gasteiger partial charge >= 0.3 is 0 Å². The van der Waals surface area contributed by atoms with Gasteiger partial charge in [-0.15, -0.1) is 0 Å². The number of amides is 2. The minimum Gasteiger partial charge on any atom is -0.381 e. The summed E-state index contributed by atoms with van der Waals surface area (Å²) in [7, 11) is 0. The predicted molar refractivity (Wildman–Crippen MR) is 120 cm³/mol. The largest absolute Gasteiger partial charge is 0.381 e. The van der Waals surface area contributed by atoms with Gasteiger partial charge in [-0.1, -0.05) is 39.0 Å². The molecule has 1 N–H and O–H groups in total. The average molecular weight is 427 g/mol. The average Bonchev–Trinajstić information content (AvgIpc) is 3.40. The summed E-state index contributed by atoms with van der Waals surface area (Å²) in [4.78, 5) is 28.4. The van der Waals surface area contributed by atoms with Gasteiger partial charge in [-0.3, -0.25) is 14.3 Å². The van der Waals surface area contributed by atoms with Crippen LogP contribution in [0.2, 0.25) is 0 Å². The standard InChI is InChI=1S/C24H34N4O3/c1-24(2,3)21(23(30)27-12-6-7-13-27)25-22(29)20-18-8-4-5-9-19(18)28(26-20)16-17-10-14-31-15-11-17/h4-5,8-9,17,21H,6-7,10-16H2,1-3H3,(H,25,29). The van der Waals surface area contributed by atoms with E-state index in [-0.39, 0.29) is 11.8 Å². The molecule has 1 atom stereocenters. The quantitative estimate of drug-likeness (QED) is 0.796. The summed E-state index contributed by atoms with van der Waals surface area (Å²) >= 11 is 0. The van der Waals surface area contributed by atoms with Crippen molar-refractivity contribution in [1.29, 1.82) is 0 Å². The molecular formula is C24H34N4O3. The summed E-state index contributed by atoms with van der Waals surface area (Å²) in [5, 5.41) is 8.57. The maximum absolute atomic E-state index is 13.4. The van der Waals surface area contributed by atoms with Crippen LogP contribution >= 0.6 is 0 Å². The number of nitrogens with one attached hydrogen (secondary N) is 1. The van der Waals surface area contributed by atoms with Gasteiger partial charge in [-0.05, 0) is 43.1 Å². The molecule has 2 fully saturated rings. The van der Waals surface area contributed by atoms with E-state index in [4.69, 9.17) is 9.84 Å². The van der Waals surface area contributed by atoms with Gasteiger partial charge in [-0.2, -0.15) is 5.10 Å². The number of hydrogen-bond acceptors (Lipinski definition) is 4. The van der Waals surface area contributed by atoms with Gasteiger partial charge in [0.2, 0.25) is 5.91 Å². The van der Waals surface area contributed by atoms with Crippen molar-refractivity contribution in [2.45, 2.75) is 59.0 Å². The highest BCUT2D eigenvalue weighted by Gasteiger charge is 2.37. The van der Waals surface area contributed by atoms with Crippen molar-refractivity contribution in [2.24, 2.45) is 11.3 Å². The Morgan fingerprint density at radius 2 is 1.84 bits per heavy atom. The van der Waals surface area contributed by atoms with Crippen LogP contribution in [0.1, 0.15) is 56.9 Å².